The smallest absolute Gasteiger partial charge is 0.128 e. The van der Waals surface area contributed by atoms with E-state index in [-0.39, 0.29) is 5.92 Å². The molecule has 1 aromatic heterocycles. The summed E-state index contributed by atoms with van der Waals surface area (Å²) in [5, 5.41) is 0. The van der Waals surface area contributed by atoms with Crippen LogP contribution in [-0.2, 0) is 4.79 Å². The molecule has 1 unspecified atom stereocenters. The number of halogens is 1. The van der Waals surface area contributed by atoms with Gasteiger partial charge in [0.15, 0.2) is 0 Å². The van der Waals surface area contributed by atoms with Crippen molar-refractivity contribution in [2.24, 2.45) is 5.92 Å². The Morgan fingerprint density at radius 2 is 2.44 bits per heavy atom. The lowest BCUT2D eigenvalue weighted by Gasteiger charge is -2.31. The van der Waals surface area contributed by atoms with E-state index < -0.39 is 0 Å². The molecule has 1 fully saturated rings. The number of hydrogen-bond donors (Lipinski definition) is 0. The molecule has 16 heavy (non-hydrogen) atoms. The summed E-state index contributed by atoms with van der Waals surface area (Å²) in [7, 11) is 0. The van der Waals surface area contributed by atoms with E-state index in [1.165, 1.54) is 5.56 Å². The highest BCUT2D eigenvalue weighted by Crippen LogP contribution is 2.24. The Morgan fingerprint density at radius 1 is 1.62 bits per heavy atom. The molecule has 1 saturated heterocycles. The number of anilines is 1. The summed E-state index contributed by atoms with van der Waals surface area (Å²) in [6, 6.07) is 2.07. The van der Waals surface area contributed by atoms with Crippen molar-refractivity contribution in [2.45, 2.75) is 19.8 Å². The number of piperidine rings is 1. The Bertz CT molecular complexity index is 395. The van der Waals surface area contributed by atoms with Gasteiger partial charge < -0.3 is 9.69 Å². The van der Waals surface area contributed by atoms with Gasteiger partial charge >= 0.3 is 0 Å². The van der Waals surface area contributed by atoms with Gasteiger partial charge in [0.05, 0.1) is 0 Å². The van der Waals surface area contributed by atoms with Crippen LogP contribution in [0.5, 0.6) is 0 Å². The van der Waals surface area contributed by atoms with Gasteiger partial charge in [-0.25, -0.2) is 4.98 Å². The molecule has 0 radical (unpaired) electrons. The molecule has 1 aliphatic rings. The molecule has 0 aliphatic carbocycles. The minimum absolute atomic E-state index is 0.166. The first-order valence-electron chi connectivity index (χ1n) is 5.53. The van der Waals surface area contributed by atoms with Crippen LogP contribution in [0.4, 0.5) is 5.82 Å². The van der Waals surface area contributed by atoms with Gasteiger partial charge in [-0.05, 0) is 47.3 Å². The van der Waals surface area contributed by atoms with Crippen molar-refractivity contribution < 1.29 is 4.79 Å². The zero-order chi connectivity index (χ0) is 11.5. The first-order valence-corrected chi connectivity index (χ1v) is 6.32. The topological polar surface area (TPSA) is 33.2 Å². The van der Waals surface area contributed by atoms with Gasteiger partial charge in [-0.15, -0.1) is 0 Å². The Morgan fingerprint density at radius 3 is 3.12 bits per heavy atom. The van der Waals surface area contributed by atoms with E-state index in [0.717, 1.165) is 42.5 Å². The van der Waals surface area contributed by atoms with Crippen LogP contribution < -0.4 is 4.90 Å². The van der Waals surface area contributed by atoms with Gasteiger partial charge in [0, 0.05) is 29.7 Å². The van der Waals surface area contributed by atoms with Crippen LogP contribution in [0.25, 0.3) is 0 Å². The predicted molar refractivity (Wildman–Crippen MR) is 67.7 cm³/mol. The molecule has 2 heterocycles. The van der Waals surface area contributed by atoms with Crippen LogP contribution in [-0.4, -0.2) is 24.4 Å². The van der Waals surface area contributed by atoms with Crippen molar-refractivity contribution in [3.05, 3.63) is 22.3 Å². The number of hydrogen-bond acceptors (Lipinski definition) is 3. The fourth-order valence-corrected chi connectivity index (χ4v) is 2.24. The van der Waals surface area contributed by atoms with Crippen molar-refractivity contribution in [3.63, 3.8) is 0 Å². The number of carbonyl (C=O) groups excluding carboxylic acids is 1. The van der Waals surface area contributed by atoms with E-state index in [1.54, 1.807) is 0 Å². The molecule has 4 heteroatoms. The maximum absolute atomic E-state index is 10.8. The summed E-state index contributed by atoms with van der Waals surface area (Å²) in [4.78, 5) is 17.4. The molecular formula is C12H15BrN2O. The third-order valence-electron chi connectivity index (χ3n) is 3.01. The number of carbonyl (C=O) groups is 1. The minimum atomic E-state index is 0.166. The maximum Gasteiger partial charge on any atom is 0.128 e. The fourth-order valence-electron chi connectivity index (χ4n) is 2.03. The first kappa shape index (κ1) is 11.6. The predicted octanol–water partition coefficient (Wildman–Crippen LogP) is 2.57. The number of aryl methyl sites for hydroxylation is 1. The second-order valence-electron chi connectivity index (χ2n) is 4.28. The largest absolute Gasteiger partial charge is 0.356 e. The molecular weight excluding hydrogens is 268 g/mol. The normalized spacial score (nSPS) is 20.9. The number of rotatable bonds is 2. The lowest BCUT2D eigenvalue weighted by atomic mass is 10.00. The van der Waals surface area contributed by atoms with Crippen LogP contribution in [0, 0.1) is 12.8 Å². The monoisotopic (exact) mass is 282 g/mol. The van der Waals surface area contributed by atoms with Gasteiger partial charge in [0.2, 0.25) is 0 Å². The molecule has 0 bridgehead atoms. The van der Waals surface area contributed by atoms with Crippen molar-refractivity contribution in [2.75, 3.05) is 18.0 Å². The van der Waals surface area contributed by atoms with Gasteiger partial charge in [-0.2, -0.15) is 0 Å². The molecule has 0 spiro atoms. The SMILES string of the molecule is Cc1cc(N2CCCC(C=O)C2)ncc1Br. The summed E-state index contributed by atoms with van der Waals surface area (Å²) in [6.45, 7) is 3.85. The molecule has 1 aliphatic heterocycles. The van der Waals surface area contributed by atoms with Crippen molar-refractivity contribution in [1.82, 2.24) is 4.98 Å². The highest BCUT2D eigenvalue weighted by molar-refractivity contribution is 9.10. The molecule has 2 rings (SSSR count). The highest BCUT2D eigenvalue weighted by Gasteiger charge is 2.20. The second kappa shape index (κ2) is 4.95. The highest BCUT2D eigenvalue weighted by atomic mass is 79.9. The summed E-state index contributed by atoms with van der Waals surface area (Å²) < 4.78 is 1.03. The second-order valence-corrected chi connectivity index (χ2v) is 5.13. The van der Waals surface area contributed by atoms with E-state index in [4.69, 9.17) is 0 Å². The molecule has 1 aromatic rings. The average Bonchev–Trinajstić information content (AvgIpc) is 2.33. The third-order valence-corrected chi connectivity index (χ3v) is 3.84. The van der Waals surface area contributed by atoms with Crippen LogP contribution in [0.15, 0.2) is 16.7 Å². The lowest BCUT2D eigenvalue weighted by Crippen LogP contribution is -2.36. The minimum Gasteiger partial charge on any atom is -0.356 e. The van der Waals surface area contributed by atoms with Crippen LogP contribution in [0.3, 0.4) is 0 Å². The van der Waals surface area contributed by atoms with Crippen molar-refractivity contribution in [1.29, 1.82) is 0 Å². The Balaban J connectivity index is 2.16. The molecule has 1 atom stereocenters. The Labute approximate surface area is 104 Å². The van der Waals surface area contributed by atoms with Gasteiger partial charge in [0.25, 0.3) is 0 Å². The quantitative estimate of drug-likeness (QED) is 0.782. The van der Waals surface area contributed by atoms with E-state index in [2.05, 4.69) is 38.8 Å². The van der Waals surface area contributed by atoms with Gasteiger partial charge in [-0.3, -0.25) is 0 Å². The zero-order valence-corrected chi connectivity index (χ0v) is 10.9. The number of aromatic nitrogens is 1. The van der Waals surface area contributed by atoms with E-state index >= 15 is 0 Å². The zero-order valence-electron chi connectivity index (χ0n) is 9.32. The van der Waals surface area contributed by atoms with Gasteiger partial charge in [0.1, 0.15) is 12.1 Å². The third kappa shape index (κ3) is 2.43. The van der Waals surface area contributed by atoms with Crippen LogP contribution in [0.2, 0.25) is 0 Å². The van der Waals surface area contributed by atoms with Crippen molar-refractivity contribution in [3.8, 4) is 0 Å². The molecule has 0 N–H and O–H groups in total. The average molecular weight is 283 g/mol. The molecule has 86 valence electrons. The number of aldehydes is 1. The number of nitrogens with zero attached hydrogens (tertiary/aromatic N) is 2. The summed E-state index contributed by atoms with van der Waals surface area (Å²) in [5.74, 6) is 1.15. The van der Waals surface area contributed by atoms with Crippen LogP contribution >= 0.6 is 15.9 Å². The summed E-state index contributed by atoms with van der Waals surface area (Å²) in [5.41, 5.74) is 1.18. The number of pyridine rings is 1. The van der Waals surface area contributed by atoms with Crippen LogP contribution in [0.1, 0.15) is 18.4 Å². The lowest BCUT2D eigenvalue weighted by molar-refractivity contribution is -0.111. The van der Waals surface area contributed by atoms with Gasteiger partial charge in [-0.1, -0.05) is 0 Å². The molecule has 0 amide bonds. The fraction of sp³-hybridized carbons (Fsp3) is 0.500. The first-order chi connectivity index (χ1) is 7.70. The van der Waals surface area contributed by atoms with E-state index in [9.17, 15) is 4.79 Å². The molecule has 3 nitrogen and oxygen atoms in total. The maximum atomic E-state index is 10.8. The van der Waals surface area contributed by atoms with Crippen molar-refractivity contribution >= 4 is 28.0 Å². The standard InChI is InChI=1S/C12H15BrN2O/c1-9-5-12(14-6-11(9)13)15-4-2-3-10(7-15)8-16/h5-6,8,10H,2-4,7H2,1H3. The molecule has 0 saturated carbocycles. The summed E-state index contributed by atoms with van der Waals surface area (Å²) in [6.07, 6.45) is 4.97. The van der Waals surface area contributed by atoms with E-state index in [1.807, 2.05) is 6.20 Å². The Kier molecular flexibility index (Phi) is 3.59. The Hall–Kier alpha value is -0.900. The van der Waals surface area contributed by atoms with E-state index in [0.29, 0.717) is 0 Å². The molecule has 0 aromatic carbocycles. The summed E-state index contributed by atoms with van der Waals surface area (Å²) >= 11 is 3.44.